The standard InChI is InChI=1S/C13H23NO.C11H19NO.C10H19NO.C10H16O3.C9H16O.C9H14O.C7H13NO2.C7H11NO.C7H12O2.C7H14O.C7H10O.C6H12FNO/c1-13(2,3)12(15)8-7-11-14-9-5-4-6-10-14;1-11(2,3)10(13)6-4-7-12-8-5-9-12;1-10(2,3)9(12)7-6-8-11(4)5;1-5-13-9(12)7-6-8(11)10(2,3)4;2*1-5-6-7-8(10)9(2,3)4;1-7(2,3)8-6(9)5-4-10-5;1-5-6(9)8-7(2,3)4;1-7(2,3)6(8)5-4-9-5;2*1-5-6(8)7(2,3)4;1-6(2,3)8-5(9)4-7/h7-8H,4-6,9-11H2,1-3H3;4,6H,5,7-9H2,1-3H3;6-7H,8H2,1-5H3;6-7H,5H2,1-4H3;6-7H,5H2,1-4H3;5H2,1-4H3;5H,4H2,1-3H3,(H,8,9);1H,2-4H3,(H,8,9);5H,4H2,1-3H3;5H2,1-4H3;1H,2-4H3;4H2,1-3H3,(H,8,9)/b8-7+;6-4+;3*7-6+;;;;;;;. The van der Waals surface area contributed by atoms with E-state index in [9.17, 15) is 66.7 Å². The van der Waals surface area contributed by atoms with E-state index in [1.807, 2.05) is 257 Å². The van der Waals surface area contributed by atoms with Gasteiger partial charge in [0, 0.05) is 104 Å². The molecule has 4 heterocycles. The number of halogens is 1. The number of likely N-dealkylation sites (tertiary alicyclic amines) is 2. The van der Waals surface area contributed by atoms with E-state index >= 15 is 0 Å². The number of terminal acetylenes is 2. The van der Waals surface area contributed by atoms with Crippen molar-refractivity contribution in [3.8, 4) is 36.5 Å². The highest BCUT2D eigenvalue weighted by Crippen LogP contribution is 2.25. The number of epoxide rings is 2. The lowest BCUT2D eigenvalue weighted by Gasteiger charge is -2.29. The van der Waals surface area contributed by atoms with Gasteiger partial charge in [-0.15, -0.1) is 12.8 Å². The van der Waals surface area contributed by atoms with Crippen LogP contribution in [0.1, 0.15) is 322 Å². The van der Waals surface area contributed by atoms with Gasteiger partial charge in [0.15, 0.2) is 47.5 Å². The molecule has 0 aromatic heterocycles. The van der Waals surface area contributed by atoms with Crippen molar-refractivity contribution in [3.63, 3.8) is 0 Å². The maximum absolute atomic E-state index is 11.6. The van der Waals surface area contributed by atoms with Gasteiger partial charge in [0.2, 0.25) is 11.6 Å². The number of carbonyl (C=O) groups is 13. The maximum atomic E-state index is 11.6. The lowest BCUT2D eigenvalue weighted by molar-refractivity contribution is -0.137. The Morgan fingerprint density at radius 1 is 0.421 bits per heavy atom. The van der Waals surface area contributed by atoms with Crippen molar-refractivity contribution >= 4 is 75.7 Å². The average molecular weight is 1780 g/mol. The molecule has 4 aliphatic rings. The molecule has 4 saturated heterocycles. The van der Waals surface area contributed by atoms with Crippen molar-refractivity contribution in [2.24, 2.45) is 48.7 Å². The van der Waals surface area contributed by atoms with Crippen LogP contribution in [-0.4, -0.2) is 206 Å². The Kier molecular flexibility index (Phi) is 68.6. The van der Waals surface area contributed by atoms with Gasteiger partial charge in [-0.1, -0.05) is 244 Å². The Morgan fingerprint density at radius 2 is 0.770 bits per heavy atom. The lowest BCUT2D eigenvalue weighted by atomic mass is 9.89. The van der Waals surface area contributed by atoms with E-state index in [0.29, 0.717) is 32.0 Å². The second-order valence-corrected chi connectivity index (χ2v) is 43.2. The molecule has 3 N–H and O–H groups in total. The van der Waals surface area contributed by atoms with Crippen LogP contribution in [0.4, 0.5) is 4.39 Å². The summed E-state index contributed by atoms with van der Waals surface area (Å²) in [6.07, 6.45) is 34.1. The highest BCUT2D eigenvalue weighted by atomic mass is 19.1. The molecule has 4 aliphatic heterocycles. The van der Waals surface area contributed by atoms with Crippen molar-refractivity contribution in [1.82, 2.24) is 30.7 Å². The minimum absolute atomic E-state index is 0.00694. The topological polar surface area (TPSA) is 302 Å². The molecular weight excluding hydrogens is 1600 g/mol. The van der Waals surface area contributed by atoms with Crippen molar-refractivity contribution in [2.75, 3.05) is 86.4 Å². The van der Waals surface area contributed by atoms with Crippen LogP contribution in [0.2, 0.25) is 0 Å². The second kappa shape index (κ2) is 64.7. The first-order valence-corrected chi connectivity index (χ1v) is 44.2. The number of hydrogen-bond acceptors (Lipinski definition) is 19. The fourth-order valence-electron chi connectivity index (χ4n) is 7.77. The van der Waals surface area contributed by atoms with Crippen LogP contribution < -0.4 is 16.0 Å². The number of likely N-dealkylation sites (N-methyl/N-ethyl adjacent to an activating group) is 1. The van der Waals surface area contributed by atoms with Crippen molar-refractivity contribution < 1.29 is 80.9 Å². The number of nitrogens with zero attached hydrogens (tertiary/aromatic N) is 3. The third-order valence-electron chi connectivity index (χ3n) is 16.0. The number of hydrogen-bond donors (Lipinski definition) is 3. The number of carbonyl (C=O) groups excluding carboxylic acids is 13. The van der Waals surface area contributed by atoms with E-state index in [1.54, 1.807) is 93.5 Å². The molecule has 2 atom stereocenters. The van der Waals surface area contributed by atoms with Crippen molar-refractivity contribution in [1.29, 1.82) is 0 Å². The lowest BCUT2D eigenvalue weighted by Crippen LogP contribution is -2.42. The van der Waals surface area contributed by atoms with Crippen molar-refractivity contribution in [2.45, 2.75) is 351 Å². The number of piperidine rings is 1. The first kappa shape index (κ1) is 134. The van der Waals surface area contributed by atoms with E-state index < -0.39 is 24.0 Å². The zero-order chi connectivity index (χ0) is 101. The van der Waals surface area contributed by atoms with Gasteiger partial charge in [-0.2, -0.15) is 0 Å². The number of alkyl halides is 1. The summed E-state index contributed by atoms with van der Waals surface area (Å²) in [4.78, 5) is 150. The van der Waals surface area contributed by atoms with Crippen LogP contribution in [0.3, 0.4) is 0 Å². The van der Waals surface area contributed by atoms with E-state index in [2.05, 4.69) is 48.2 Å². The average Bonchev–Trinajstić information content (AvgIpc) is 1.71. The van der Waals surface area contributed by atoms with Gasteiger partial charge in [0.1, 0.15) is 11.9 Å². The van der Waals surface area contributed by atoms with Gasteiger partial charge in [-0.05, 0) is 183 Å². The molecule has 4 rings (SSSR count). The molecule has 0 bridgehead atoms. The summed E-state index contributed by atoms with van der Waals surface area (Å²) in [6.45, 7) is 83.8. The van der Waals surface area contributed by atoms with E-state index in [0.717, 1.165) is 38.6 Å². The van der Waals surface area contributed by atoms with Gasteiger partial charge in [0.05, 0.1) is 19.8 Å². The summed E-state index contributed by atoms with van der Waals surface area (Å²) in [6, 6.07) is 0. The highest BCUT2D eigenvalue weighted by molar-refractivity contribution is 6.00. The van der Waals surface area contributed by atoms with Crippen LogP contribution in [-0.2, 0) is 76.5 Å². The number of amides is 3. The van der Waals surface area contributed by atoms with Gasteiger partial charge >= 0.3 is 5.97 Å². The second-order valence-electron chi connectivity index (χ2n) is 43.2. The summed E-state index contributed by atoms with van der Waals surface area (Å²) >= 11 is 0. The number of esters is 1. The molecule has 23 heteroatoms. The number of ether oxygens (including phenoxy) is 3. The minimum atomic E-state index is -0.933. The predicted molar refractivity (Wildman–Crippen MR) is 518 cm³/mol. The smallest absolute Gasteiger partial charge is 0.330 e. The Bertz CT molecular complexity index is 3570. The van der Waals surface area contributed by atoms with Crippen LogP contribution in [0, 0.1) is 85.3 Å². The summed E-state index contributed by atoms with van der Waals surface area (Å²) in [5, 5.41) is 7.87. The highest BCUT2D eigenvalue weighted by Gasteiger charge is 2.38. The Labute approximate surface area is 766 Å². The van der Waals surface area contributed by atoms with E-state index in [1.165, 1.54) is 57.9 Å². The van der Waals surface area contributed by atoms with E-state index in [4.69, 9.17) is 22.3 Å². The normalized spacial score (nSPS) is 15.2. The van der Waals surface area contributed by atoms with Gasteiger partial charge in [0.25, 0.3) is 17.7 Å². The van der Waals surface area contributed by atoms with Gasteiger partial charge < -0.3 is 35.1 Å². The third-order valence-corrected chi connectivity index (χ3v) is 16.0. The molecule has 0 aromatic carbocycles. The zero-order valence-electron chi connectivity index (χ0n) is 87.1. The van der Waals surface area contributed by atoms with Crippen LogP contribution in [0.25, 0.3) is 0 Å². The Balaban J connectivity index is -0.000000202. The number of nitrogens with one attached hydrogen (secondary N) is 3. The fourth-order valence-corrected chi connectivity index (χ4v) is 7.77. The Hall–Kier alpha value is -7.98. The molecule has 0 aromatic rings. The number of ketones is 9. The van der Waals surface area contributed by atoms with Crippen LogP contribution in [0.15, 0.2) is 60.8 Å². The molecule has 2 unspecified atom stereocenters. The van der Waals surface area contributed by atoms with Crippen LogP contribution in [0.5, 0.6) is 0 Å². The first-order valence-electron chi connectivity index (χ1n) is 44.2. The summed E-state index contributed by atoms with van der Waals surface area (Å²) in [5.74, 6) is 9.18. The van der Waals surface area contributed by atoms with Gasteiger partial charge in [-0.25, -0.2) is 9.18 Å². The number of Topliss-reactive ketones (excluding diaryl/α,β-unsaturated/α-hetero) is 4. The number of rotatable bonds is 18. The van der Waals surface area contributed by atoms with Crippen molar-refractivity contribution in [3.05, 3.63) is 60.8 Å². The van der Waals surface area contributed by atoms with E-state index in [-0.39, 0.29) is 130 Å². The first-order chi connectivity index (χ1) is 56.5. The molecule has 0 saturated carbocycles. The molecule has 3 amide bonds. The minimum Gasteiger partial charge on any atom is -0.463 e. The van der Waals surface area contributed by atoms with Crippen LogP contribution >= 0.6 is 0 Å². The summed E-state index contributed by atoms with van der Waals surface area (Å²) < 4.78 is 25.8. The molecule has 724 valence electrons. The zero-order valence-corrected chi connectivity index (χ0v) is 87.1. The summed E-state index contributed by atoms with van der Waals surface area (Å²) in [7, 11) is 3.96. The molecule has 126 heavy (non-hydrogen) atoms. The maximum Gasteiger partial charge on any atom is 0.330 e. The fraction of sp³-hybridized carbons (Fsp3) is 0.718. The largest absolute Gasteiger partial charge is 0.463 e. The Morgan fingerprint density at radius 3 is 0.984 bits per heavy atom. The third kappa shape index (κ3) is 89.4. The summed E-state index contributed by atoms with van der Waals surface area (Å²) in [5.41, 5.74) is -3.07. The number of allylic oxidation sites excluding steroid dienone is 6. The quantitative estimate of drug-likeness (QED) is 0.0377. The monoisotopic (exact) mass is 1780 g/mol. The predicted octanol–water partition coefficient (Wildman–Crippen LogP) is 18.5. The molecule has 0 spiro atoms. The SMILES string of the molecule is C#CC(=O)C(C)(C)C.C#CC(=O)NC(C)(C)C.CC(C)(C)C(=O)/C=C/CN1CCC1.CC(C)(C)C(=O)/C=C/CN1CCCCC1.CC(C)(C)C(=O)C1CO1.CC(C)(C)NC(=O)C1CO1.CC(C)(C)NC(=O)CF.CC/C=C/C(=O)C(C)(C)C.CCC#CC(=O)C(C)(C)C.CCC(=O)C(C)(C)C.CCOC(=O)/C=C/C(=O)C(C)(C)C.CN(C)C/C=C/C(=O)C(C)(C)C. The van der Waals surface area contributed by atoms with Gasteiger partial charge in [-0.3, -0.25) is 67.3 Å². The molecule has 4 fully saturated rings. The molecule has 0 radical (unpaired) electrons. The molecule has 0 aliphatic carbocycles. The molecule has 22 nitrogen and oxygen atoms in total. The molecular formula is C103H179FN6O16.